The van der Waals surface area contributed by atoms with Gasteiger partial charge < -0.3 is 10.1 Å². The summed E-state index contributed by atoms with van der Waals surface area (Å²) >= 11 is 5.90. The van der Waals surface area contributed by atoms with Gasteiger partial charge in [-0.1, -0.05) is 24.9 Å². The van der Waals surface area contributed by atoms with E-state index in [2.05, 4.69) is 17.0 Å². The number of halogens is 1. The minimum Gasteiger partial charge on any atom is -0.465 e. The van der Waals surface area contributed by atoms with Crippen LogP contribution in [0.15, 0.2) is 18.2 Å². The molecule has 16 heavy (non-hydrogen) atoms. The van der Waals surface area contributed by atoms with Crippen molar-refractivity contribution in [2.75, 3.05) is 19.0 Å². The summed E-state index contributed by atoms with van der Waals surface area (Å²) in [4.78, 5) is 11.4. The van der Waals surface area contributed by atoms with Crippen LogP contribution in [0.25, 0.3) is 0 Å². The Bertz CT molecular complexity index is 366. The maximum atomic E-state index is 11.4. The van der Waals surface area contributed by atoms with Gasteiger partial charge in [0, 0.05) is 12.2 Å². The Balaban J connectivity index is 2.77. The number of esters is 1. The molecular weight excluding hydrogens is 226 g/mol. The zero-order chi connectivity index (χ0) is 12.0. The minimum atomic E-state index is -0.413. The third-order valence-electron chi connectivity index (χ3n) is 2.23. The van der Waals surface area contributed by atoms with Gasteiger partial charge in [0.15, 0.2) is 0 Å². The fraction of sp³-hybridized carbons (Fsp3) is 0.417. The molecule has 0 heterocycles. The number of ether oxygens (including phenoxy) is 1. The number of anilines is 1. The van der Waals surface area contributed by atoms with Gasteiger partial charge in [0.2, 0.25) is 0 Å². The Labute approximate surface area is 101 Å². The molecule has 0 aliphatic carbocycles. The lowest BCUT2D eigenvalue weighted by molar-refractivity contribution is 0.0601. The first-order valence-corrected chi connectivity index (χ1v) is 5.68. The highest BCUT2D eigenvalue weighted by Gasteiger charge is 2.10. The molecule has 1 aromatic carbocycles. The fourth-order valence-corrected chi connectivity index (χ4v) is 1.51. The Hall–Kier alpha value is -1.22. The van der Waals surface area contributed by atoms with Crippen LogP contribution in [0.3, 0.4) is 0 Å². The number of hydrogen-bond donors (Lipinski definition) is 1. The van der Waals surface area contributed by atoms with E-state index in [0.29, 0.717) is 10.6 Å². The van der Waals surface area contributed by atoms with Crippen molar-refractivity contribution in [3.05, 3.63) is 28.8 Å². The lowest BCUT2D eigenvalue weighted by Gasteiger charge is -2.08. The molecule has 4 heteroatoms. The second-order valence-corrected chi connectivity index (χ2v) is 3.87. The predicted octanol–water partition coefficient (Wildman–Crippen LogP) is 3.34. The standard InChI is InChI=1S/C12H16ClNO2/c1-3-4-7-14-9-5-6-11(13)10(8-9)12(15)16-2/h5-6,8,14H,3-4,7H2,1-2H3. The zero-order valence-corrected chi connectivity index (χ0v) is 10.3. The van der Waals surface area contributed by atoms with Crippen molar-refractivity contribution in [1.29, 1.82) is 0 Å². The van der Waals surface area contributed by atoms with Crippen molar-refractivity contribution in [2.24, 2.45) is 0 Å². The maximum Gasteiger partial charge on any atom is 0.339 e. The van der Waals surface area contributed by atoms with Gasteiger partial charge in [-0.2, -0.15) is 0 Å². The largest absolute Gasteiger partial charge is 0.465 e. The van der Waals surface area contributed by atoms with E-state index in [9.17, 15) is 4.79 Å². The molecule has 1 rings (SSSR count). The Morgan fingerprint density at radius 2 is 2.25 bits per heavy atom. The summed E-state index contributed by atoms with van der Waals surface area (Å²) < 4.78 is 4.65. The van der Waals surface area contributed by atoms with E-state index in [1.54, 1.807) is 12.1 Å². The molecule has 1 aromatic rings. The maximum absolute atomic E-state index is 11.4. The molecule has 0 aromatic heterocycles. The van der Waals surface area contributed by atoms with Gasteiger partial charge in [0.05, 0.1) is 17.7 Å². The molecule has 0 fully saturated rings. The summed E-state index contributed by atoms with van der Waals surface area (Å²) in [5.74, 6) is -0.413. The molecule has 0 spiro atoms. The first-order valence-electron chi connectivity index (χ1n) is 5.30. The molecule has 1 N–H and O–H groups in total. The summed E-state index contributed by atoms with van der Waals surface area (Å²) in [5.41, 5.74) is 1.28. The zero-order valence-electron chi connectivity index (χ0n) is 9.55. The highest BCUT2D eigenvalue weighted by molar-refractivity contribution is 6.33. The lowest BCUT2D eigenvalue weighted by atomic mass is 10.2. The van der Waals surface area contributed by atoms with Crippen LogP contribution in [0.2, 0.25) is 5.02 Å². The molecule has 0 radical (unpaired) electrons. The topological polar surface area (TPSA) is 38.3 Å². The highest BCUT2D eigenvalue weighted by atomic mass is 35.5. The first-order chi connectivity index (χ1) is 7.69. The van der Waals surface area contributed by atoms with Crippen molar-refractivity contribution in [1.82, 2.24) is 0 Å². The van der Waals surface area contributed by atoms with Crippen LogP contribution >= 0.6 is 11.6 Å². The third-order valence-corrected chi connectivity index (χ3v) is 2.56. The third kappa shape index (κ3) is 3.42. The fourth-order valence-electron chi connectivity index (χ4n) is 1.31. The molecule has 0 saturated heterocycles. The average molecular weight is 242 g/mol. The molecule has 0 aliphatic rings. The number of methoxy groups -OCH3 is 1. The van der Waals surface area contributed by atoms with Crippen molar-refractivity contribution in [3.8, 4) is 0 Å². The Kier molecular flexibility index (Phi) is 5.12. The quantitative estimate of drug-likeness (QED) is 0.635. The molecule has 88 valence electrons. The Morgan fingerprint density at radius 3 is 2.88 bits per heavy atom. The van der Waals surface area contributed by atoms with Gasteiger partial charge in [-0.25, -0.2) is 4.79 Å². The van der Waals surface area contributed by atoms with Crippen LogP contribution in [0.5, 0.6) is 0 Å². The molecule has 0 bridgehead atoms. The van der Waals surface area contributed by atoms with E-state index in [0.717, 1.165) is 25.1 Å². The van der Waals surface area contributed by atoms with Crippen LogP contribution in [-0.4, -0.2) is 19.6 Å². The van der Waals surface area contributed by atoms with Crippen LogP contribution in [0, 0.1) is 0 Å². The first kappa shape index (κ1) is 12.8. The van der Waals surface area contributed by atoms with Crippen LogP contribution in [-0.2, 0) is 4.74 Å². The number of unbranched alkanes of at least 4 members (excludes halogenated alkanes) is 1. The number of rotatable bonds is 5. The average Bonchev–Trinajstić information content (AvgIpc) is 2.30. The summed E-state index contributed by atoms with van der Waals surface area (Å²) in [6.45, 7) is 3.02. The predicted molar refractivity (Wildman–Crippen MR) is 66.2 cm³/mol. The summed E-state index contributed by atoms with van der Waals surface area (Å²) in [5, 5.41) is 3.64. The highest BCUT2D eigenvalue weighted by Crippen LogP contribution is 2.21. The molecule has 0 saturated carbocycles. The number of carbonyl (C=O) groups is 1. The van der Waals surface area contributed by atoms with Crippen molar-refractivity contribution in [2.45, 2.75) is 19.8 Å². The number of nitrogens with one attached hydrogen (secondary N) is 1. The number of carbonyl (C=O) groups excluding carboxylic acids is 1. The molecule has 0 atom stereocenters. The number of hydrogen-bond acceptors (Lipinski definition) is 3. The van der Waals surface area contributed by atoms with E-state index in [4.69, 9.17) is 11.6 Å². The molecular formula is C12H16ClNO2. The monoisotopic (exact) mass is 241 g/mol. The van der Waals surface area contributed by atoms with Gasteiger partial charge in [0.1, 0.15) is 0 Å². The van der Waals surface area contributed by atoms with Gasteiger partial charge >= 0.3 is 5.97 Å². The van der Waals surface area contributed by atoms with E-state index in [-0.39, 0.29) is 0 Å². The van der Waals surface area contributed by atoms with Crippen molar-refractivity contribution < 1.29 is 9.53 Å². The SMILES string of the molecule is CCCCNc1ccc(Cl)c(C(=O)OC)c1. The van der Waals surface area contributed by atoms with Crippen LogP contribution < -0.4 is 5.32 Å². The minimum absolute atomic E-state index is 0.394. The molecule has 3 nitrogen and oxygen atoms in total. The van der Waals surface area contributed by atoms with E-state index < -0.39 is 5.97 Å². The van der Waals surface area contributed by atoms with Gasteiger partial charge in [-0.3, -0.25) is 0 Å². The van der Waals surface area contributed by atoms with Crippen LogP contribution in [0.1, 0.15) is 30.1 Å². The summed E-state index contributed by atoms with van der Waals surface area (Å²) in [7, 11) is 1.34. The lowest BCUT2D eigenvalue weighted by Crippen LogP contribution is -2.05. The number of benzene rings is 1. The second-order valence-electron chi connectivity index (χ2n) is 3.47. The normalized spacial score (nSPS) is 9.94. The van der Waals surface area contributed by atoms with Crippen molar-refractivity contribution in [3.63, 3.8) is 0 Å². The molecule has 0 aliphatic heterocycles. The smallest absolute Gasteiger partial charge is 0.339 e. The summed E-state index contributed by atoms with van der Waals surface area (Å²) in [6, 6.07) is 5.26. The molecule has 0 amide bonds. The van der Waals surface area contributed by atoms with Crippen LogP contribution in [0.4, 0.5) is 5.69 Å². The van der Waals surface area contributed by atoms with Gasteiger partial charge in [-0.05, 0) is 24.6 Å². The second kappa shape index (κ2) is 6.38. The van der Waals surface area contributed by atoms with Gasteiger partial charge in [0.25, 0.3) is 0 Å². The summed E-state index contributed by atoms with van der Waals surface area (Å²) in [6.07, 6.45) is 2.22. The Morgan fingerprint density at radius 1 is 1.50 bits per heavy atom. The molecule has 0 unspecified atom stereocenters. The van der Waals surface area contributed by atoms with E-state index >= 15 is 0 Å². The van der Waals surface area contributed by atoms with Crippen molar-refractivity contribution >= 4 is 23.3 Å². The van der Waals surface area contributed by atoms with Gasteiger partial charge in [-0.15, -0.1) is 0 Å². The van der Waals surface area contributed by atoms with E-state index in [1.165, 1.54) is 7.11 Å². The van der Waals surface area contributed by atoms with E-state index in [1.807, 2.05) is 6.07 Å².